The van der Waals surface area contributed by atoms with Crippen LogP contribution in [0.2, 0.25) is 5.28 Å². The third kappa shape index (κ3) is 3.93. The van der Waals surface area contributed by atoms with E-state index in [1.54, 1.807) is 24.3 Å². The second-order valence-corrected chi connectivity index (χ2v) is 7.86. The largest absolute Gasteiger partial charge is 0.508 e. The highest BCUT2D eigenvalue weighted by Crippen LogP contribution is 2.40. The number of fused-ring (bicyclic) bond motifs is 1. The minimum absolute atomic E-state index is 0.151. The molecule has 30 heavy (non-hydrogen) atoms. The van der Waals surface area contributed by atoms with Gasteiger partial charge in [0.25, 0.3) is 0 Å². The Morgan fingerprint density at radius 3 is 2.10 bits per heavy atom. The van der Waals surface area contributed by atoms with Crippen molar-refractivity contribution in [3.63, 3.8) is 0 Å². The lowest BCUT2D eigenvalue weighted by molar-refractivity contribution is 0.463. The van der Waals surface area contributed by atoms with Crippen LogP contribution in [0.15, 0.2) is 48.5 Å². The molecule has 3 N–H and O–H groups in total. The first kappa shape index (κ1) is 20.1. The number of aromatic hydroxyl groups is 2. The zero-order chi connectivity index (χ0) is 21.3. The van der Waals surface area contributed by atoms with Crippen LogP contribution in [0.4, 0.5) is 17.3 Å². The van der Waals surface area contributed by atoms with Gasteiger partial charge < -0.3 is 25.3 Å². The minimum Gasteiger partial charge on any atom is -0.508 e. The van der Waals surface area contributed by atoms with Crippen molar-refractivity contribution < 1.29 is 10.2 Å². The highest BCUT2D eigenvalue weighted by Gasteiger charge is 2.29. The molecule has 7 nitrogen and oxygen atoms in total. The normalized spacial score (nSPS) is 12.7. The van der Waals surface area contributed by atoms with E-state index in [-0.39, 0.29) is 22.8 Å². The molecule has 0 radical (unpaired) electrons. The number of phenols is 2. The van der Waals surface area contributed by atoms with E-state index in [1.165, 1.54) is 0 Å². The molecular formula is C22H24ClN5O2. The predicted octanol–water partition coefficient (Wildman–Crippen LogP) is 4.35. The third-order valence-electron chi connectivity index (χ3n) is 5.17. The standard InChI is InChI=1S/C22H24ClN5O2/c1-14(2)28-13-24-19-20(25-22(23)26-21(19)28)27(11-15-7-3-5-9-17(15)29)12-16-8-4-6-10-18(16)30/h3-10,14,24,29-30H,11-13H2,1-2H3. The van der Waals surface area contributed by atoms with Crippen molar-refractivity contribution in [1.82, 2.24) is 9.97 Å². The van der Waals surface area contributed by atoms with Gasteiger partial charge in [0.15, 0.2) is 11.6 Å². The number of hydrogen-bond acceptors (Lipinski definition) is 7. The molecule has 156 valence electrons. The lowest BCUT2D eigenvalue weighted by Crippen LogP contribution is -2.30. The topological polar surface area (TPSA) is 84.8 Å². The van der Waals surface area contributed by atoms with E-state index in [4.69, 9.17) is 11.6 Å². The summed E-state index contributed by atoms with van der Waals surface area (Å²) in [5, 5.41) is 24.2. The number of anilines is 3. The maximum absolute atomic E-state index is 10.3. The van der Waals surface area contributed by atoms with Gasteiger partial charge in [0.2, 0.25) is 5.28 Å². The van der Waals surface area contributed by atoms with Gasteiger partial charge in [0.05, 0.1) is 6.67 Å². The van der Waals surface area contributed by atoms with Gasteiger partial charge in [0, 0.05) is 30.3 Å². The van der Waals surface area contributed by atoms with Gasteiger partial charge in [-0.15, -0.1) is 0 Å². The zero-order valence-corrected chi connectivity index (χ0v) is 17.6. The van der Waals surface area contributed by atoms with Gasteiger partial charge in [-0.05, 0) is 37.6 Å². The molecule has 2 heterocycles. The molecule has 4 rings (SSSR count). The number of nitrogens with one attached hydrogen (secondary N) is 1. The molecule has 8 heteroatoms. The Labute approximate surface area is 180 Å². The Kier molecular flexibility index (Phi) is 5.55. The Bertz CT molecular complexity index is 1010. The van der Waals surface area contributed by atoms with Crippen LogP contribution in [0.1, 0.15) is 25.0 Å². The number of benzene rings is 2. The number of rotatable bonds is 6. The molecule has 1 aliphatic rings. The van der Waals surface area contributed by atoms with Crippen molar-refractivity contribution in [1.29, 1.82) is 0 Å². The van der Waals surface area contributed by atoms with E-state index in [9.17, 15) is 10.2 Å². The highest BCUT2D eigenvalue weighted by atomic mass is 35.5. The van der Waals surface area contributed by atoms with Crippen LogP contribution in [-0.2, 0) is 13.1 Å². The average Bonchev–Trinajstić information content (AvgIpc) is 3.14. The van der Waals surface area contributed by atoms with Crippen LogP contribution >= 0.6 is 11.6 Å². The molecule has 0 fully saturated rings. The molecule has 0 unspecified atom stereocenters. The summed E-state index contributed by atoms with van der Waals surface area (Å²) in [6.07, 6.45) is 0. The second-order valence-electron chi connectivity index (χ2n) is 7.53. The van der Waals surface area contributed by atoms with Crippen LogP contribution in [-0.4, -0.2) is 32.9 Å². The fraction of sp³-hybridized carbons (Fsp3) is 0.273. The first-order valence-corrected chi connectivity index (χ1v) is 10.2. The summed E-state index contributed by atoms with van der Waals surface area (Å²) in [6.45, 7) is 5.55. The molecule has 0 amide bonds. The first-order valence-electron chi connectivity index (χ1n) is 9.80. The van der Waals surface area contributed by atoms with Gasteiger partial charge in [-0.2, -0.15) is 9.97 Å². The summed E-state index contributed by atoms with van der Waals surface area (Å²) in [6, 6.07) is 14.6. The van der Waals surface area contributed by atoms with E-state index in [1.807, 2.05) is 29.2 Å². The van der Waals surface area contributed by atoms with E-state index in [0.29, 0.717) is 25.6 Å². The zero-order valence-electron chi connectivity index (χ0n) is 16.9. The number of para-hydroxylation sites is 2. The maximum Gasteiger partial charge on any atom is 0.226 e. The Hall–Kier alpha value is -3.19. The second kappa shape index (κ2) is 8.28. The molecule has 0 bridgehead atoms. The summed E-state index contributed by atoms with van der Waals surface area (Å²) in [5.41, 5.74) is 2.28. The Morgan fingerprint density at radius 2 is 1.57 bits per heavy atom. The van der Waals surface area contributed by atoms with E-state index >= 15 is 0 Å². The summed E-state index contributed by atoms with van der Waals surface area (Å²) in [7, 11) is 0. The minimum atomic E-state index is 0.151. The number of hydrogen-bond donors (Lipinski definition) is 3. The average molecular weight is 426 g/mol. The van der Waals surface area contributed by atoms with Gasteiger partial charge in [-0.1, -0.05) is 36.4 Å². The Balaban J connectivity index is 1.79. The molecular weight excluding hydrogens is 402 g/mol. The monoisotopic (exact) mass is 425 g/mol. The number of phenolic OH excluding ortho intramolecular Hbond substituents is 2. The van der Waals surface area contributed by atoms with Crippen LogP contribution in [0.25, 0.3) is 0 Å². The predicted molar refractivity (Wildman–Crippen MR) is 119 cm³/mol. The van der Waals surface area contributed by atoms with Crippen LogP contribution in [0, 0.1) is 0 Å². The number of aromatic nitrogens is 2. The SMILES string of the molecule is CC(C)N1CNc2c(N(Cc3ccccc3O)Cc3ccccc3O)nc(Cl)nc21. The summed E-state index contributed by atoms with van der Waals surface area (Å²) >= 11 is 6.31. The quantitative estimate of drug-likeness (QED) is 0.506. The van der Waals surface area contributed by atoms with E-state index < -0.39 is 0 Å². The smallest absolute Gasteiger partial charge is 0.226 e. The van der Waals surface area contributed by atoms with Crippen molar-refractivity contribution in [2.24, 2.45) is 0 Å². The molecule has 0 saturated heterocycles. The lowest BCUT2D eigenvalue weighted by Gasteiger charge is -2.27. The molecule has 1 aromatic heterocycles. The maximum atomic E-state index is 10.3. The Morgan fingerprint density at radius 1 is 1.00 bits per heavy atom. The molecule has 3 aromatic rings. The van der Waals surface area contributed by atoms with Crippen molar-refractivity contribution in [3.05, 3.63) is 64.9 Å². The fourth-order valence-corrected chi connectivity index (χ4v) is 3.74. The van der Waals surface area contributed by atoms with E-state index in [0.717, 1.165) is 22.6 Å². The molecule has 0 atom stereocenters. The number of nitrogens with zero attached hydrogens (tertiary/aromatic N) is 4. The van der Waals surface area contributed by atoms with Crippen molar-refractivity contribution >= 4 is 28.9 Å². The van der Waals surface area contributed by atoms with Crippen molar-refractivity contribution in [2.45, 2.75) is 33.0 Å². The molecule has 0 aliphatic carbocycles. The van der Waals surface area contributed by atoms with E-state index in [2.05, 4.69) is 34.0 Å². The fourth-order valence-electron chi connectivity index (χ4n) is 3.58. The molecule has 1 aliphatic heterocycles. The first-order chi connectivity index (χ1) is 14.4. The molecule has 0 saturated carbocycles. The van der Waals surface area contributed by atoms with Crippen LogP contribution in [0.3, 0.4) is 0 Å². The van der Waals surface area contributed by atoms with Gasteiger partial charge >= 0.3 is 0 Å². The van der Waals surface area contributed by atoms with Crippen LogP contribution in [0.5, 0.6) is 11.5 Å². The van der Waals surface area contributed by atoms with Crippen molar-refractivity contribution in [2.75, 3.05) is 21.8 Å². The highest BCUT2D eigenvalue weighted by molar-refractivity contribution is 6.28. The molecule has 0 spiro atoms. The molecule has 2 aromatic carbocycles. The van der Waals surface area contributed by atoms with Crippen molar-refractivity contribution in [3.8, 4) is 11.5 Å². The summed E-state index contributed by atoms with van der Waals surface area (Å²) in [4.78, 5) is 13.1. The lowest BCUT2D eigenvalue weighted by atomic mass is 10.1. The van der Waals surface area contributed by atoms with Crippen LogP contribution < -0.4 is 15.1 Å². The van der Waals surface area contributed by atoms with Gasteiger partial charge in [-0.3, -0.25) is 0 Å². The van der Waals surface area contributed by atoms with Gasteiger partial charge in [0.1, 0.15) is 17.2 Å². The summed E-state index contributed by atoms with van der Waals surface area (Å²) in [5.74, 6) is 1.78. The third-order valence-corrected chi connectivity index (χ3v) is 5.34. The van der Waals surface area contributed by atoms with Gasteiger partial charge in [-0.25, -0.2) is 0 Å². The summed E-state index contributed by atoms with van der Waals surface area (Å²) < 4.78 is 0. The number of halogens is 1.